The number of esters is 1. The van der Waals surface area contributed by atoms with Crippen LogP contribution in [0.25, 0.3) is 10.9 Å². The molecule has 0 radical (unpaired) electrons. The van der Waals surface area contributed by atoms with Crippen molar-refractivity contribution in [1.29, 1.82) is 0 Å². The van der Waals surface area contributed by atoms with Crippen LogP contribution in [0.3, 0.4) is 0 Å². The highest BCUT2D eigenvalue weighted by molar-refractivity contribution is 6.06. The van der Waals surface area contributed by atoms with Gasteiger partial charge in [0.15, 0.2) is 12.4 Å². The maximum Gasteiger partial charge on any atom is 0.339 e. The normalized spacial score (nSPS) is 10.7. The molecule has 0 saturated heterocycles. The number of hydrogen-bond acceptors (Lipinski definition) is 7. The molecule has 0 aliphatic heterocycles. The first-order valence-electron chi connectivity index (χ1n) is 11.0. The second-order valence-corrected chi connectivity index (χ2v) is 7.75. The molecular formula is C25H27N3O6. The van der Waals surface area contributed by atoms with Crippen LogP contribution >= 0.6 is 0 Å². The predicted molar refractivity (Wildman–Crippen MR) is 128 cm³/mol. The number of para-hydroxylation sites is 1. The third-order valence-corrected chi connectivity index (χ3v) is 5.45. The summed E-state index contributed by atoms with van der Waals surface area (Å²) < 4.78 is 10.4. The summed E-state index contributed by atoms with van der Waals surface area (Å²) in [5.74, 6) is -1.15. The minimum absolute atomic E-state index is 0.0159. The molecule has 0 fully saturated rings. The first-order valence-corrected chi connectivity index (χ1v) is 11.0. The summed E-state index contributed by atoms with van der Waals surface area (Å²) >= 11 is 0. The lowest BCUT2D eigenvalue weighted by Crippen LogP contribution is -2.22. The van der Waals surface area contributed by atoms with Crippen LogP contribution in [-0.4, -0.2) is 35.5 Å². The zero-order valence-electron chi connectivity index (χ0n) is 19.6. The van der Waals surface area contributed by atoms with Gasteiger partial charge in [-0.05, 0) is 37.0 Å². The molecule has 1 aromatic heterocycles. The number of anilines is 1. The number of nitro benzene ring substituents is 1. The Bertz CT molecular complexity index is 1260. The molecule has 1 amide bonds. The molecular weight excluding hydrogens is 438 g/mol. The first kappa shape index (κ1) is 24.6. The number of nitrogens with one attached hydrogen (secondary N) is 1. The monoisotopic (exact) mass is 465 g/mol. The maximum atomic E-state index is 13.1. The molecule has 1 N–H and O–H groups in total. The van der Waals surface area contributed by atoms with Crippen LogP contribution in [0.5, 0.6) is 5.75 Å². The quantitative estimate of drug-likeness (QED) is 0.274. The molecule has 3 aromatic rings. The summed E-state index contributed by atoms with van der Waals surface area (Å²) in [4.78, 5) is 41.0. The average Bonchev–Trinajstić information content (AvgIpc) is 2.82. The van der Waals surface area contributed by atoms with E-state index in [0.717, 1.165) is 24.1 Å². The number of aromatic nitrogens is 1. The van der Waals surface area contributed by atoms with Crippen LogP contribution in [0.1, 0.15) is 47.4 Å². The SMILES string of the molecule is CCCc1nc2ccccc2c(C(=O)OCC(=O)Nc2cc(OC)c([N+](=O)[O-])cc2C)c1CC. The number of ether oxygens (including phenoxy) is 2. The van der Waals surface area contributed by atoms with E-state index in [4.69, 9.17) is 14.5 Å². The molecule has 1 heterocycles. The van der Waals surface area contributed by atoms with E-state index in [1.165, 1.54) is 19.2 Å². The smallest absolute Gasteiger partial charge is 0.339 e. The Morgan fingerprint density at radius 3 is 2.56 bits per heavy atom. The van der Waals surface area contributed by atoms with E-state index in [-0.39, 0.29) is 11.4 Å². The number of aryl methyl sites for hydroxylation is 2. The second-order valence-electron chi connectivity index (χ2n) is 7.75. The van der Waals surface area contributed by atoms with Crippen LogP contribution in [0, 0.1) is 17.0 Å². The predicted octanol–water partition coefficient (Wildman–Crippen LogP) is 4.77. The van der Waals surface area contributed by atoms with Gasteiger partial charge in [0.25, 0.3) is 5.91 Å². The van der Waals surface area contributed by atoms with Crippen LogP contribution < -0.4 is 10.1 Å². The topological polar surface area (TPSA) is 121 Å². The number of methoxy groups -OCH3 is 1. The van der Waals surface area contributed by atoms with Gasteiger partial charge < -0.3 is 14.8 Å². The molecule has 0 aliphatic rings. The Morgan fingerprint density at radius 1 is 1.18 bits per heavy atom. The van der Waals surface area contributed by atoms with Gasteiger partial charge in [0.2, 0.25) is 0 Å². The third-order valence-electron chi connectivity index (χ3n) is 5.45. The molecule has 9 heteroatoms. The lowest BCUT2D eigenvalue weighted by atomic mass is 9.96. The summed E-state index contributed by atoms with van der Waals surface area (Å²) in [6, 6.07) is 10.0. The highest BCUT2D eigenvalue weighted by atomic mass is 16.6. The fraction of sp³-hybridized carbons (Fsp3) is 0.320. The number of benzene rings is 2. The van der Waals surface area contributed by atoms with Gasteiger partial charge in [-0.15, -0.1) is 0 Å². The summed E-state index contributed by atoms with van der Waals surface area (Å²) in [7, 11) is 1.31. The number of pyridine rings is 1. The number of rotatable bonds is 9. The van der Waals surface area contributed by atoms with Crippen molar-refractivity contribution in [2.24, 2.45) is 0 Å². The molecule has 178 valence electrons. The van der Waals surface area contributed by atoms with E-state index in [1.807, 2.05) is 38.1 Å². The molecule has 0 aliphatic carbocycles. The van der Waals surface area contributed by atoms with Crippen molar-refractivity contribution in [3.8, 4) is 5.75 Å². The lowest BCUT2D eigenvalue weighted by Gasteiger charge is -2.15. The fourth-order valence-electron chi connectivity index (χ4n) is 3.86. The van der Waals surface area contributed by atoms with Crippen molar-refractivity contribution < 1.29 is 24.0 Å². The maximum absolute atomic E-state index is 13.1. The molecule has 2 aromatic carbocycles. The Balaban J connectivity index is 1.83. The Labute approximate surface area is 197 Å². The van der Waals surface area contributed by atoms with Gasteiger partial charge >= 0.3 is 11.7 Å². The van der Waals surface area contributed by atoms with Crippen LogP contribution in [0.2, 0.25) is 0 Å². The number of nitro groups is 1. The van der Waals surface area contributed by atoms with Gasteiger partial charge in [-0.2, -0.15) is 0 Å². The third kappa shape index (κ3) is 5.14. The molecule has 9 nitrogen and oxygen atoms in total. The first-order chi connectivity index (χ1) is 16.3. The van der Waals surface area contributed by atoms with Crippen LogP contribution in [0.4, 0.5) is 11.4 Å². The highest BCUT2D eigenvalue weighted by Gasteiger charge is 2.22. The zero-order chi connectivity index (χ0) is 24.8. The van der Waals surface area contributed by atoms with Gasteiger partial charge in [-0.1, -0.05) is 38.5 Å². The largest absolute Gasteiger partial charge is 0.490 e. The molecule has 0 spiro atoms. The van der Waals surface area contributed by atoms with Gasteiger partial charge in [0.1, 0.15) is 0 Å². The minimum Gasteiger partial charge on any atom is -0.490 e. The second kappa shape index (κ2) is 10.7. The van der Waals surface area contributed by atoms with E-state index in [0.29, 0.717) is 34.1 Å². The molecule has 0 unspecified atom stereocenters. The molecule has 3 rings (SSSR count). The van der Waals surface area contributed by atoms with E-state index in [2.05, 4.69) is 5.32 Å². The number of nitrogens with zero attached hydrogens (tertiary/aromatic N) is 2. The van der Waals surface area contributed by atoms with Crippen molar-refractivity contribution in [2.45, 2.75) is 40.0 Å². The Kier molecular flexibility index (Phi) is 7.78. The zero-order valence-corrected chi connectivity index (χ0v) is 19.6. The van der Waals surface area contributed by atoms with Gasteiger partial charge in [-0.25, -0.2) is 4.79 Å². The molecule has 0 saturated carbocycles. The number of fused-ring (bicyclic) bond motifs is 1. The number of hydrogen-bond donors (Lipinski definition) is 1. The Hall–Kier alpha value is -4.01. The van der Waals surface area contributed by atoms with E-state index < -0.39 is 23.4 Å². The van der Waals surface area contributed by atoms with Crippen LogP contribution in [0.15, 0.2) is 36.4 Å². The average molecular weight is 466 g/mol. The number of amides is 1. The Morgan fingerprint density at radius 2 is 1.91 bits per heavy atom. The molecule has 34 heavy (non-hydrogen) atoms. The van der Waals surface area contributed by atoms with Crippen molar-refractivity contribution in [1.82, 2.24) is 4.98 Å². The van der Waals surface area contributed by atoms with Crippen LogP contribution in [-0.2, 0) is 22.4 Å². The van der Waals surface area contributed by atoms with Gasteiger partial charge in [-0.3, -0.25) is 19.9 Å². The molecule has 0 atom stereocenters. The van der Waals surface area contributed by atoms with Gasteiger partial charge in [0, 0.05) is 28.9 Å². The van der Waals surface area contributed by atoms with E-state index in [9.17, 15) is 19.7 Å². The summed E-state index contributed by atoms with van der Waals surface area (Å²) in [6.45, 7) is 5.12. The highest BCUT2D eigenvalue weighted by Crippen LogP contribution is 2.33. The van der Waals surface area contributed by atoms with Gasteiger partial charge in [0.05, 0.1) is 23.1 Å². The minimum atomic E-state index is -0.596. The lowest BCUT2D eigenvalue weighted by molar-refractivity contribution is -0.385. The summed E-state index contributed by atoms with van der Waals surface area (Å²) in [5.41, 5.74) is 3.41. The van der Waals surface area contributed by atoms with Crippen molar-refractivity contribution >= 4 is 34.2 Å². The van der Waals surface area contributed by atoms with Crippen molar-refractivity contribution in [3.63, 3.8) is 0 Å². The van der Waals surface area contributed by atoms with E-state index in [1.54, 1.807) is 6.92 Å². The molecule has 0 bridgehead atoms. The number of carbonyl (C=O) groups excluding carboxylic acids is 2. The van der Waals surface area contributed by atoms with E-state index >= 15 is 0 Å². The standard InChI is InChI=1S/C25H27N3O6/c1-5-9-18-16(6-2)24(17-10-7-8-11-19(17)26-18)25(30)34-14-23(29)27-20-13-22(33-4)21(28(31)32)12-15(20)3/h7-8,10-13H,5-6,9,14H2,1-4H3,(H,27,29). The summed E-state index contributed by atoms with van der Waals surface area (Å²) in [6.07, 6.45) is 2.22. The fourth-order valence-corrected chi connectivity index (χ4v) is 3.86. The summed E-state index contributed by atoms with van der Waals surface area (Å²) in [5, 5.41) is 14.5. The van der Waals surface area contributed by atoms with Crippen molar-refractivity contribution in [3.05, 3.63) is 68.9 Å². The van der Waals surface area contributed by atoms with Crippen molar-refractivity contribution in [2.75, 3.05) is 19.0 Å². The number of carbonyl (C=O) groups is 2.